The van der Waals surface area contributed by atoms with Crippen LogP contribution in [0.2, 0.25) is 0 Å². The van der Waals surface area contributed by atoms with Crippen LogP contribution in [0.25, 0.3) is 5.82 Å². The van der Waals surface area contributed by atoms with E-state index in [1.165, 1.54) is 0 Å². The summed E-state index contributed by atoms with van der Waals surface area (Å²) in [6.07, 6.45) is 4.81. The predicted molar refractivity (Wildman–Crippen MR) is 102 cm³/mol. The second-order valence-corrected chi connectivity index (χ2v) is 6.92. The minimum absolute atomic E-state index is 0.0803. The zero-order chi connectivity index (χ0) is 19.5. The van der Waals surface area contributed by atoms with Gasteiger partial charge in [-0.1, -0.05) is 18.2 Å². The summed E-state index contributed by atoms with van der Waals surface area (Å²) in [4.78, 5) is 30.5. The molecule has 3 aromatic rings. The first-order valence-corrected chi connectivity index (χ1v) is 9.10. The lowest BCUT2D eigenvalue weighted by Gasteiger charge is -2.16. The Kier molecular flexibility index (Phi) is 4.84. The molecule has 0 bridgehead atoms. The lowest BCUT2D eigenvalue weighted by atomic mass is 9.97. The van der Waals surface area contributed by atoms with Crippen LogP contribution in [-0.4, -0.2) is 49.6 Å². The molecule has 28 heavy (non-hydrogen) atoms. The van der Waals surface area contributed by atoms with Gasteiger partial charge in [-0.2, -0.15) is 0 Å². The largest absolute Gasteiger partial charge is 0.366 e. The van der Waals surface area contributed by atoms with Gasteiger partial charge >= 0.3 is 0 Å². The van der Waals surface area contributed by atoms with E-state index in [0.717, 1.165) is 18.4 Å². The number of nitrogens with zero attached hydrogens (tertiary/aromatic N) is 5. The second-order valence-electron chi connectivity index (χ2n) is 6.92. The maximum Gasteiger partial charge on any atom is 0.272 e. The van der Waals surface area contributed by atoms with Crippen LogP contribution in [-0.2, 0) is 6.42 Å². The fourth-order valence-electron chi connectivity index (χ4n) is 3.54. The van der Waals surface area contributed by atoms with Gasteiger partial charge in [0.15, 0.2) is 0 Å². The average molecular weight is 376 g/mol. The first-order chi connectivity index (χ1) is 13.6. The molecule has 1 fully saturated rings. The first-order valence-electron chi connectivity index (χ1n) is 9.10. The van der Waals surface area contributed by atoms with Gasteiger partial charge in [-0.05, 0) is 48.6 Å². The van der Waals surface area contributed by atoms with Gasteiger partial charge < -0.3 is 10.6 Å². The highest BCUT2D eigenvalue weighted by Crippen LogP contribution is 2.23. The van der Waals surface area contributed by atoms with Crippen LogP contribution in [0, 0.1) is 5.92 Å². The molecule has 0 aliphatic carbocycles. The summed E-state index contributed by atoms with van der Waals surface area (Å²) in [7, 11) is 0. The summed E-state index contributed by atoms with van der Waals surface area (Å²) in [6, 6.07) is 12.7. The van der Waals surface area contributed by atoms with Crippen molar-refractivity contribution in [2.75, 3.05) is 13.1 Å². The van der Waals surface area contributed by atoms with Gasteiger partial charge in [0.2, 0.25) is 5.91 Å². The Labute approximate surface area is 162 Å². The Morgan fingerprint density at radius 3 is 2.68 bits per heavy atom. The number of primary amides is 1. The molecule has 0 saturated carbocycles. The van der Waals surface area contributed by atoms with E-state index in [1.54, 1.807) is 41.5 Å². The van der Waals surface area contributed by atoms with E-state index in [1.807, 2.05) is 23.1 Å². The highest BCUT2D eigenvalue weighted by Gasteiger charge is 2.28. The Bertz CT molecular complexity index is 1000. The van der Waals surface area contributed by atoms with Gasteiger partial charge in [-0.15, -0.1) is 10.2 Å². The number of amides is 2. The van der Waals surface area contributed by atoms with Crippen molar-refractivity contribution >= 4 is 11.8 Å². The van der Waals surface area contributed by atoms with E-state index in [2.05, 4.69) is 15.2 Å². The van der Waals surface area contributed by atoms with E-state index in [0.29, 0.717) is 36.1 Å². The summed E-state index contributed by atoms with van der Waals surface area (Å²) in [6.45, 7) is 1.36. The normalized spacial score (nSPS) is 16.3. The van der Waals surface area contributed by atoms with Crippen molar-refractivity contribution in [1.82, 2.24) is 24.6 Å². The smallest absolute Gasteiger partial charge is 0.272 e. The lowest BCUT2D eigenvalue weighted by Crippen LogP contribution is -2.29. The molecule has 142 valence electrons. The van der Waals surface area contributed by atoms with Crippen LogP contribution in [0.15, 0.2) is 55.1 Å². The molecule has 8 heteroatoms. The summed E-state index contributed by atoms with van der Waals surface area (Å²) in [5.74, 6) is 0.440. The fraction of sp³-hybridized carbons (Fsp3) is 0.250. The summed E-state index contributed by atoms with van der Waals surface area (Å²) in [5, 5.41) is 7.53. The number of hydrogen-bond donors (Lipinski definition) is 1. The Morgan fingerprint density at radius 1 is 1.11 bits per heavy atom. The maximum absolute atomic E-state index is 12.9. The number of aromatic nitrogens is 4. The SMILES string of the molecule is NC(=O)c1cccc(C[C@@H]2CCN(C(=O)c3cccc(-n4cnnc4)n3)C2)c1. The summed E-state index contributed by atoms with van der Waals surface area (Å²) < 4.78 is 1.66. The van der Waals surface area contributed by atoms with Gasteiger partial charge in [0.1, 0.15) is 24.2 Å². The van der Waals surface area contributed by atoms with Gasteiger partial charge in [0.25, 0.3) is 5.91 Å². The second kappa shape index (κ2) is 7.59. The van der Waals surface area contributed by atoms with E-state index in [4.69, 9.17) is 5.73 Å². The lowest BCUT2D eigenvalue weighted by molar-refractivity contribution is 0.0781. The number of benzene rings is 1. The van der Waals surface area contributed by atoms with Crippen molar-refractivity contribution in [2.24, 2.45) is 11.7 Å². The molecule has 0 spiro atoms. The molecule has 0 radical (unpaired) electrons. The quantitative estimate of drug-likeness (QED) is 0.725. The predicted octanol–water partition coefficient (Wildman–Crippen LogP) is 1.47. The molecule has 8 nitrogen and oxygen atoms in total. The summed E-state index contributed by atoms with van der Waals surface area (Å²) >= 11 is 0. The number of hydrogen-bond acceptors (Lipinski definition) is 5. The Hall–Kier alpha value is -3.55. The number of carbonyl (C=O) groups is 2. The molecule has 3 heterocycles. The van der Waals surface area contributed by atoms with Gasteiger partial charge in [0.05, 0.1) is 0 Å². The topological polar surface area (TPSA) is 107 Å². The molecule has 1 aliphatic rings. The number of nitrogens with two attached hydrogens (primary N) is 1. The average Bonchev–Trinajstić information content (AvgIpc) is 3.40. The van der Waals surface area contributed by atoms with Crippen molar-refractivity contribution in [2.45, 2.75) is 12.8 Å². The minimum atomic E-state index is -0.427. The van der Waals surface area contributed by atoms with Crippen molar-refractivity contribution < 1.29 is 9.59 Å². The molecule has 2 aromatic heterocycles. The van der Waals surface area contributed by atoms with Gasteiger partial charge in [-0.3, -0.25) is 14.2 Å². The van der Waals surface area contributed by atoms with Crippen molar-refractivity contribution in [3.8, 4) is 5.82 Å². The third-order valence-electron chi connectivity index (χ3n) is 4.95. The van der Waals surface area contributed by atoms with Crippen molar-refractivity contribution in [3.63, 3.8) is 0 Å². The number of rotatable bonds is 5. The minimum Gasteiger partial charge on any atom is -0.366 e. The van der Waals surface area contributed by atoms with E-state index in [-0.39, 0.29) is 5.91 Å². The van der Waals surface area contributed by atoms with Gasteiger partial charge in [0, 0.05) is 18.7 Å². The van der Waals surface area contributed by atoms with E-state index in [9.17, 15) is 9.59 Å². The molecule has 1 saturated heterocycles. The molecule has 1 atom stereocenters. The number of carbonyl (C=O) groups excluding carboxylic acids is 2. The molecule has 1 aromatic carbocycles. The van der Waals surface area contributed by atoms with Crippen molar-refractivity contribution in [1.29, 1.82) is 0 Å². The third-order valence-corrected chi connectivity index (χ3v) is 4.95. The standard InChI is InChI=1S/C20H20N6O2/c21-19(27)16-4-1-3-14(10-16)9-15-7-8-25(11-15)20(28)17-5-2-6-18(24-17)26-12-22-23-13-26/h1-6,10,12-13,15H,7-9,11H2,(H2,21,27)/t15-/m0/s1. The highest BCUT2D eigenvalue weighted by atomic mass is 16.2. The van der Waals surface area contributed by atoms with Crippen LogP contribution in [0.1, 0.15) is 32.8 Å². The van der Waals surface area contributed by atoms with Crippen LogP contribution in [0.5, 0.6) is 0 Å². The Morgan fingerprint density at radius 2 is 1.89 bits per heavy atom. The molecule has 4 rings (SSSR count). The zero-order valence-electron chi connectivity index (χ0n) is 15.2. The van der Waals surface area contributed by atoms with Crippen molar-refractivity contribution in [3.05, 3.63) is 71.9 Å². The molecule has 2 amide bonds. The molecular formula is C20H20N6O2. The van der Waals surface area contributed by atoms with Crippen LogP contribution in [0.3, 0.4) is 0 Å². The van der Waals surface area contributed by atoms with Crippen LogP contribution >= 0.6 is 0 Å². The Balaban J connectivity index is 1.43. The first kappa shape index (κ1) is 17.8. The fourth-order valence-corrected chi connectivity index (χ4v) is 3.54. The van der Waals surface area contributed by atoms with Crippen LogP contribution < -0.4 is 5.73 Å². The van der Waals surface area contributed by atoms with E-state index >= 15 is 0 Å². The zero-order valence-corrected chi connectivity index (χ0v) is 15.2. The summed E-state index contributed by atoms with van der Waals surface area (Å²) in [5.41, 5.74) is 7.33. The highest BCUT2D eigenvalue weighted by molar-refractivity contribution is 5.93. The van der Waals surface area contributed by atoms with Gasteiger partial charge in [-0.25, -0.2) is 4.98 Å². The molecule has 0 unspecified atom stereocenters. The van der Waals surface area contributed by atoms with E-state index < -0.39 is 5.91 Å². The molecular weight excluding hydrogens is 356 g/mol. The van der Waals surface area contributed by atoms with Crippen LogP contribution in [0.4, 0.5) is 0 Å². The number of pyridine rings is 1. The maximum atomic E-state index is 12.9. The third kappa shape index (κ3) is 3.75. The molecule has 1 aliphatic heterocycles. The number of likely N-dealkylation sites (tertiary alicyclic amines) is 1. The monoisotopic (exact) mass is 376 g/mol. The molecule has 2 N–H and O–H groups in total.